The number of amides is 2. The summed E-state index contributed by atoms with van der Waals surface area (Å²) in [6.45, 7) is 3.14. The Morgan fingerprint density at radius 2 is 1.74 bits per heavy atom. The molecule has 5 heteroatoms. The minimum Gasteiger partial charge on any atom is -0.322 e. The van der Waals surface area contributed by atoms with Crippen LogP contribution in [0.15, 0.2) is 78.9 Å². The quantitative estimate of drug-likeness (QED) is 0.646. The normalized spacial score (nSPS) is 13.7. The van der Waals surface area contributed by atoms with Crippen LogP contribution in [0.1, 0.15) is 34.5 Å². The zero-order valence-corrected chi connectivity index (χ0v) is 17.9. The van der Waals surface area contributed by atoms with Crippen molar-refractivity contribution in [2.75, 3.05) is 30.4 Å². The van der Waals surface area contributed by atoms with Crippen molar-refractivity contribution in [3.63, 3.8) is 0 Å². The molecule has 1 atom stereocenters. The highest BCUT2D eigenvalue weighted by Crippen LogP contribution is 2.28. The molecule has 4 rings (SSSR count). The van der Waals surface area contributed by atoms with E-state index >= 15 is 0 Å². The number of hydrogen-bond donors (Lipinski definition) is 1. The van der Waals surface area contributed by atoms with Gasteiger partial charge < -0.3 is 10.2 Å². The first kappa shape index (κ1) is 20.8. The van der Waals surface area contributed by atoms with Crippen LogP contribution in [0.4, 0.5) is 11.4 Å². The van der Waals surface area contributed by atoms with E-state index in [0.29, 0.717) is 12.1 Å². The third-order valence-electron chi connectivity index (χ3n) is 5.90. The van der Waals surface area contributed by atoms with Crippen LogP contribution in [0.25, 0.3) is 0 Å². The van der Waals surface area contributed by atoms with Crippen LogP contribution in [0.2, 0.25) is 0 Å². The molecule has 3 aromatic carbocycles. The van der Waals surface area contributed by atoms with Gasteiger partial charge in [-0.2, -0.15) is 0 Å². The number of hydrogen-bond acceptors (Lipinski definition) is 3. The molecule has 0 spiro atoms. The lowest BCUT2D eigenvalue weighted by molar-refractivity contribution is -0.119. The summed E-state index contributed by atoms with van der Waals surface area (Å²) >= 11 is 0. The molecular formula is C26H27N3O2. The van der Waals surface area contributed by atoms with Crippen molar-refractivity contribution in [2.24, 2.45) is 0 Å². The minimum absolute atomic E-state index is 0.0235. The van der Waals surface area contributed by atoms with Crippen molar-refractivity contribution >= 4 is 23.2 Å². The Labute approximate surface area is 183 Å². The third kappa shape index (κ3) is 4.67. The first-order chi connectivity index (χ1) is 15.0. The molecule has 2 amide bonds. The number of fused-ring (bicyclic) bond motifs is 1. The van der Waals surface area contributed by atoms with E-state index in [1.165, 1.54) is 5.56 Å². The van der Waals surface area contributed by atoms with Crippen molar-refractivity contribution in [2.45, 2.75) is 19.4 Å². The number of carbonyl (C=O) groups is 2. The van der Waals surface area contributed by atoms with E-state index in [1.54, 1.807) is 12.1 Å². The summed E-state index contributed by atoms with van der Waals surface area (Å²) in [4.78, 5) is 29.3. The fourth-order valence-corrected chi connectivity index (χ4v) is 3.96. The van der Waals surface area contributed by atoms with E-state index < -0.39 is 0 Å². The fourth-order valence-electron chi connectivity index (χ4n) is 3.96. The van der Waals surface area contributed by atoms with Gasteiger partial charge in [-0.05, 0) is 61.9 Å². The van der Waals surface area contributed by atoms with E-state index in [1.807, 2.05) is 77.5 Å². The highest BCUT2D eigenvalue weighted by Gasteiger charge is 2.26. The number of rotatable bonds is 6. The number of anilines is 2. The van der Waals surface area contributed by atoms with Crippen molar-refractivity contribution in [3.05, 3.63) is 95.6 Å². The Morgan fingerprint density at radius 1 is 1.00 bits per heavy atom. The maximum absolute atomic E-state index is 13.0. The Kier molecular flexibility index (Phi) is 6.14. The molecule has 0 radical (unpaired) electrons. The van der Waals surface area contributed by atoms with Gasteiger partial charge in [-0.25, -0.2) is 0 Å². The first-order valence-corrected chi connectivity index (χ1v) is 10.6. The molecule has 158 valence electrons. The van der Waals surface area contributed by atoms with Crippen molar-refractivity contribution in [3.8, 4) is 0 Å². The molecular weight excluding hydrogens is 386 g/mol. The van der Waals surface area contributed by atoms with Crippen LogP contribution in [0.5, 0.6) is 0 Å². The van der Waals surface area contributed by atoms with Crippen molar-refractivity contribution in [1.82, 2.24) is 4.90 Å². The molecule has 0 saturated heterocycles. The predicted octanol–water partition coefficient (Wildman–Crippen LogP) is 4.52. The summed E-state index contributed by atoms with van der Waals surface area (Å²) in [5.74, 6) is -0.0329. The fraction of sp³-hybridized carbons (Fsp3) is 0.231. The summed E-state index contributed by atoms with van der Waals surface area (Å²) in [6.07, 6.45) is 0.907. The molecule has 0 aliphatic carbocycles. The number of nitrogens with one attached hydrogen (secondary N) is 1. The number of benzene rings is 3. The van der Waals surface area contributed by atoms with Gasteiger partial charge in [0.2, 0.25) is 5.91 Å². The van der Waals surface area contributed by atoms with Crippen LogP contribution < -0.4 is 10.2 Å². The number of nitrogens with zero attached hydrogens (tertiary/aromatic N) is 2. The second-order valence-electron chi connectivity index (χ2n) is 7.96. The van der Waals surface area contributed by atoms with Crippen LogP contribution in [-0.4, -0.2) is 36.9 Å². The molecule has 1 N–H and O–H groups in total. The summed E-state index contributed by atoms with van der Waals surface area (Å²) in [5, 5.41) is 2.96. The van der Waals surface area contributed by atoms with Crippen LogP contribution in [0.3, 0.4) is 0 Å². The minimum atomic E-state index is -0.137. The second kappa shape index (κ2) is 9.14. The number of likely N-dealkylation sites (N-methyl/N-ethyl adjacent to an activating group) is 1. The first-order valence-electron chi connectivity index (χ1n) is 10.6. The smallest absolute Gasteiger partial charge is 0.255 e. The van der Waals surface area contributed by atoms with Crippen molar-refractivity contribution in [1.29, 1.82) is 0 Å². The SMILES string of the molecule is CC(c1cccc(NC(=O)c2ccccc2)c1)N(C)CC(=O)N1CCc2ccccc21. The van der Waals surface area contributed by atoms with Gasteiger partial charge in [0.1, 0.15) is 0 Å². The predicted molar refractivity (Wildman–Crippen MR) is 124 cm³/mol. The molecule has 0 aromatic heterocycles. The standard InChI is InChI=1S/C26H27N3O2/c1-19(28(2)18-25(30)29-16-15-20-9-6-7-14-24(20)29)22-12-8-13-23(17-22)27-26(31)21-10-4-3-5-11-21/h3-14,17,19H,15-16,18H2,1-2H3,(H,27,31). The van der Waals surface area contributed by atoms with Gasteiger partial charge >= 0.3 is 0 Å². The zero-order valence-electron chi connectivity index (χ0n) is 17.9. The molecule has 31 heavy (non-hydrogen) atoms. The molecule has 5 nitrogen and oxygen atoms in total. The van der Waals surface area contributed by atoms with E-state index in [2.05, 4.69) is 18.3 Å². The average molecular weight is 414 g/mol. The van der Waals surface area contributed by atoms with Gasteiger partial charge in [-0.3, -0.25) is 14.5 Å². The van der Waals surface area contributed by atoms with E-state index in [9.17, 15) is 9.59 Å². The van der Waals surface area contributed by atoms with E-state index in [4.69, 9.17) is 0 Å². The lowest BCUT2D eigenvalue weighted by Gasteiger charge is -2.27. The lowest BCUT2D eigenvalue weighted by Crippen LogP contribution is -2.39. The largest absolute Gasteiger partial charge is 0.322 e. The monoisotopic (exact) mass is 413 g/mol. The Hall–Kier alpha value is -3.44. The third-order valence-corrected chi connectivity index (χ3v) is 5.90. The van der Waals surface area contributed by atoms with Crippen LogP contribution in [-0.2, 0) is 11.2 Å². The summed E-state index contributed by atoms with van der Waals surface area (Å²) in [5.41, 5.74) is 4.66. The molecule has 0 bridgehead atoms. The summed E-state index contributed by atoms with van der Waals surface area (Å²) < 4.78 is 0. The Balaban J connectivity index is 1.41. The molecule has 1 heterocycles. The number of carbonyl (C=O) groups excluding carboxylic acids is 2. The van der Waals surface area contributed by atoms with Gasteiger partial charge in [0.05, 0.1) is 6.54 Å². The van der Waals surface area contributed by atoms with E-state index in [-0.39, 0.29) is 17.9 Å². The highest BCUT2D eigenvalue weighted by atomic mass is 16.2. The Morgan fingerprint density at radius 3 is 2.55 bits per heavy atom. The van der Waals surface area contributed by atoms with Gasteiger partial charge in [0.25, 0.3) is 5.91 Å². The van der Waals surface area contributed by atoms with Gasteiger partial charge in [-0.15, -0.1) is 0 Å². The van der Waals surface area contributed by atoms with E-state index in [0.717, 1.165) is 29.9 Å². The summed E-state index contributed by atoms with van der Waals surface area (Å²) in [6, 6.07) is 25.1. The maximum atomic E-state index is 13.0. The second-order valence-corrected chi connectivity index (χ2v) is 7.96. The molecule has 0 fully saturated rings. The Bertz CT molecular complexity index is 1080. The van der Waals surface area contributed by atoms with Gasteiger partial charge in [0.15, 0.2) is 0 Å². The maximum Gasteiger partial charge on any atom is 0.255 e. The molecule has 1 unspecified atom stereocenters. The highest BCUT2D eigenvalue weighted by molar-refractivity contribution is 6.04. The number of para-hydroxylation sites is 1. The molecule has 1 aliphatic rings. The molecule has 1 aliphatic heterocycles. The van der Waals surface area contributed by atoms with Gasteiger partial charge in [0, 0.05) is 29.5 Å². The zero-order chi connectivity index (χ0) is 21.8. The topological polar surface area (TPSA) is 52.7 Å². The van der Waals surface area contributed by atoms with Crippen LogP contribution in [0, 0.1) is 0 Å². The van der Waals surface area contributed by atoms with Crippen molar-refractivity contribution < 1.29 is 9.59 Å². The van der Waals surface area contributed by atoms with Gasteiger partial charge in [-0.1, -0.05) is 48.5 Å². The molecule has 0 saturated carbocycles. The summed E-state index contributed by atoms with van der Waals surface area (Å²) in [7, 11) is 1.96. The molecule has 3 aromatic rings. The lowest BCUT2D eigenvalue weighted by atomic mass is 10.1. The van der Waals surface area contributed by atoms with Crippen LogP contribution >= 0.6 is 0 Å². The average Bonchev–Trinajstić information content (AvgIpc) is 3.23.